The van der Waals surface area contributed by atoms with Crippen molar-refractivity contribution >= 4 is 26.7 Å². The number of carbonyl (C=O) groups is 1. The van der Waals surface area contributed by atoms with Crippen LogP contribution in [0.3, 0.4) is 0 Å². The highest BCUT2D eigenvalue weighted by atomic mass is 28.3. The minimum atomic E-state index is -1.34. The van der Waals surface area contributed by atoms with Crippen molar-refractivity contribution in [3.8, 4) is 5.75 Å². The Morgan fingerprint density at radius 1 is 1.03 bits per heavy atom. The third-order valence-corrected chi connectivity index (χ3v) is 7.82. The SMILES string of the molecule is CCOC(=O)c1ccc(/C=C(\C)c2ccc(C(C)(C)C)c(C3(C)CCCCC3)c2O[SiH](C)C)cc1. The van der Waals surface area contributed by atoms with Crippen LogP contribution in [0.1, 0.15) is 106 Å². The van der Waals surface area contributed by atoms with Crippen LogP contribution in [0.15, 0.2) is 36.4 Å². The lowest BCUT2D eigenvalue weighted by atomic mass is 9.65. The first-order valence-electron chi connectivity index (χ1n) is 13.3. The van der Waals surface area contributed by atoms with E-state index in [4.69, 9.17) is 9.16 Å². The van der Waals surface area contributed by atoms with Crippen molar-refractivity contribution in [2.75, 3.05) is 6.61 Å². The molecule has 190 valence electrons. The van der Waals surface area contributed by atoms with Gasteiger partial charge in [0.2, 0.25) is 9.04 Å². The molecule has 35 heavy (non-hydrogen) atoms. The summed E-state index contributed by atoms with van der Waals surface area (Å²) in [4.78, 5) is 12.0. The van der Waals surface area contributed by atoms with Crippen LogP contribution in [-0.2, 0) is 15.6 Å². The normalized spacial score (nSPS) is 16.3. The van der Waals surface area contributed by atoms with Gasteiger partial charge in [-0.2, -0.15) is 0 Å². The van der Waals surface area contributed by atoms with E-state index in [-0.39, 0.29) is 16.8 Å². The van der Waals surface area contributed by atoms with Crippen LogP contribution in [-0.4, -0.2) is 21.6 Å². The van der Waals surface area contributed by atoms with Crippen molar-refractivity contribution in [1.29, 1.82) is 0 Å². The summed E-state index contributed by atoms with van der Waals surface area (Å²) in [6.45, 7) is 18.3. The lowest BCUT2D eigenvalue weighted by Gasteiger charge is -2.40. The van der Waals surface area contributed by atoms with E-state index in [0.29, 0.717) is 12.2 Å². The summed E-state index contributed by atoms with van der Waals surface area (Å²) in [7, 11) is -1.34. The summed E-state index contributed by atoms with van der Waals surface area (Å²) in [6, 6.07) is 12.3. The predicted molar refractivity (Wildman–Crippen MR) is 151 cm³/mol. The minimum Gasteiger partial charge on any atom is -0.546 e. The molecule has 0 aromatic heterocycles. The number of allylic oxidation sites excluding steroid dienone is 1. The van der Waals surface area contributed by atoms with Gasteiger partial charge < -0.3 is 9.16 Å². The maximum absolute atomic E-state index is 12.0. The van der Waals surface area contributed by atoms with Crippen LogP contribution in [0.4, 0.5) is 0 Å². The molecule has 3 nitrogen and oxygen atoms in total. The van der Waals surface area contributed by atoms with Gasteiger partial charge in [0.1, 0.15) is 5.75 Å². The van der Waals surface area contributed by atoms with Gasteiger partial charge in [0.05, 0.1) is 12.2 Å². The molecule has 1 saturated carbocycles. The fraction of sp³-hybridized carbons (Fsp3) is 0.516. The second-order valence-corrected chi connectivity index (χ2v) is 13.9. The molecule has 4 heteroatoms. The first-order valence-corrected chi connectivity index (χ1v) is 16.0. The van der Waals surface area contributed by atoms with Crippen LogP contribution in [0.2, 0.25) is 13.1 Å². The average molecular weight is 493 g/mol. The minimum absolute atomic E-state index is 0.0471. The maximum atomic E-state index is 12.0. The van der Waals surface area contributed by atoms with Gasteiger partial charge in [0, 0.05) is 11.1 Å². The van der Waals surface area contributed by atoms with Gasteiger partial charge in [-0.25, -0.2) is 4.79 Å². The van der Waals surface area contributed by atoms with Crippen molar-refractivity contribution in [3.05, 3.63) is 64.2 Å². The number of hydrogen-bond acceptors (Lipinski definition) is 3. The molecule has 0 heterocycles. The summed E-state index contributed by atoms with van der Waals surface area (Å²) < 4.78 is 11.9. The highest BCUT2D eigenvalue weighted by molar-refractivity contribution is 6.49. The Morgan fingerprint density at radius 3 is 2.20 bits per heavy atom. The Morgan fingerprint density at radius 2 is 1.66 bits per heavy atom. The molecule has 1 aliphatic carbocycles. The molecule has 2 aromatic rings. The Bertz CT molecular complexity index is 1050. The van der Waals surface area contributed by atoms with E-state index in [9.17, 15) is 4.79 Å². The molecule has 1 fully saturated rings. The molecule has 0 N–H and O–H groups in total. The number of esters is 1. The predicted octanol–water partition coefficient (Wildman–Crippen LogP) is 8.31. The van der Waals surface area contributed by atoms with Crippen molar-refractivity contribution < 1.29 is 14.0 Å². The smallest absolute Gasteiger partial charge is 0.338 e. The number of ether oxygens (including phenoxy) is 1. The molecular formula is C31H44O3Si. The van der Waals surface area contributed by atoms with Gasteiger partial charge in [0.25, 0.3) is 0 Å². The fourth-order valence-corrected chi connectivity index (χ4v) is 6.03. The zero-order valence-electron chi connectivity index (χ0n) is 23.1. The van der Waals surface area contributed by atoms with E-state index in [1.165, 1.54) is 54.4 Å². The zero-order chi connectivity index (χ0) is 25.8. The monoisotopic (exact) mass is 492 g/mol. The third kappa shape index (κ3) is 6.46. The third-order valence-electron chi connectivity index (χ3n) is 7.11. The van der Waals surface area contributed by atoms with E-state index in [1.807, 2.05) is 31.2 Å². The van der Waals surface area contributed by atoms with Crippen molar-refractivity contribution in [2.24, 2.45) is 0 Å². The van der Waals surface area contributed by atoms with Crippen molar-refractivity contribution in [1.82, 2.24) is 0 Å². The van der Waals surface area contributed by atoms with E-state index >= 15 is 0 Å². The molecule has 0 unspecified atom stereocenters. The van der Waals surface area contributed by atoms with Crippen LogP contribution in [0, 0.1) is 0 Å². The summed E-state index contributed by atoms with van der Waals surface area (Å²) >= 11 is 0. The van der Waals surface area contributed by atoms with Gasteiger partial charge in [-0.1, -0.05) is 77.3 Å². The molecular weight excluding hydrogens is 448 g/mol. The fourth-order valence-electron chi connectivity index (χ4n) is 5.32. The summed E-state index contributed by atoms with van der Waals surface area (Å²) in [5.41, 5.74) is 7.06. The largest absolute Gasteiger partial charge is 0.546 e. The Balaban J connectivity index is 2.14. The van der Waals surface area contributed by atoms with E-state index < -0.39 is 9.04 Å². The Hall–Kier alpha value is -2.33. The molecule has 2 aromatic carbocycles. The number of rotatable bonds is 7. The van der Waals surface area contributed by atoms with E-state index in [1.54, 1.807) is 0 Å². The first kappa shape index (κ1) is 27.3. The molecule has 0 bridgehead atoms. The van der Waals surface area contributed by atoms with Gasteiger partial charge in [-0.05, 0) is 79.4 Å². The summed E-state index contributed by atoms with van der Waals surface area (Å²) in [5, 5.41) is 0. The molecule has 1 aliphatic rings. The quantitative estimate of drug-likeness (QED) is 0.221. The Labute approximate surface area is 214 Å². The van der Waals surface area contributed by atoms with Gasteiger partial charge in [-0.15, -0.1) is 0 Å². The second kappa shape index (κ2) is 11.2. The van der Waals surface area contributed by atoms with Gasteiger partial charge >= 0.3 is 5.97 Å². The standard InChI is InChI=1S/C31H44O3Si/c1-9-33-29(32)24-15-13-23(14-16-24)21-22(2)25-17-18-26(30(3,4)5)27(28(25)34-35(7)8)31(6)19-11-10-12-20-31/h13-18,21,35H,9-12,19-20H2,1-8H3/b22-21+. The molecule has 0 aliphatic heterocycles. The lowest BCUT2D eigenvalue weighted by Crippen LogP contribution is -2.31. The average Bonchev–Trinajstić information content (AvgIpc) is 2.78. The molecule has 3 rings (SSSR count). The highest BCUT2D eigenvalue weighted by Gasteiger charge is 2.37. The number of carbonyl (C=O) groups excluding carboxylic acids is 1. The molecule has 0 radical (unpaired) electrons. The van der Waals surface area contributed by atoms with Gasteiger partial charge in [0.15, 0.2) is 0 Å². The van der Waals surface area contributed by atoms with E-state index in [2.05, 4.69) is 65.9 Å². The number of benzene rings is 2. The highest BCUT2D eigenvalue weighted by Crippen LogP contribution is 2.49. The molecule has 0 saturated heterocycles. The van der Waals surface area contributed by atoms with Crippen LogP contribution >= 0.6 is 0 Å². The molecule has 0 spiro atoms. The topological polar surface area (TPSA) is 35.5 Å². The van der Waals surface area contributed by atoms with Crippen LogP contribution in [0.5, 0.6) is 5.75 Å². The molecule has 0 atom stereocenters. The lowest BCUT2D eigenvalue weighted by molar-refractivity contribution is 0.0526. The number of hydrogen-bond donors (Lipinski definition) is 0. The van der Waals surface area contributed by atoms with E-state index in [0.717, 1.165) is 11.3 Å². The van der Waals surface area contributed by atoms with Crippen molar-refractivity contribution in [3.63, 3.8) is 0 Å². The summed E-state index contributed by atoms with van der Waals surface area (Å²) in [5.74, 6) is 0.834. The second-order valence-electron chi connectivity index (χ2n) is 11.6. The first-order chi connectivity index (χ1) is 16.5. The van der Waals surface area contributed by atoms with Crippen LogP contribution in [0.25, 0.3) is 11.6 Å². The Kier molecular flexibility index (Phi) is 8.69. The molecule has 0 amide bonds. The van der Waals surface area contributed by atoms with Gasteiger partial charge in [-0.3, -0.25) is 0 Å². The zero-order valence-corrected chi connectivity index (χ0v) is 24.2. The van der Waals surface area contributed by atoms with Crippen molar-refractivity contribution in [2.45, 2.75) is 97.6 Å². The summed E-state index contributed by atoms with van der Waals surface area (Å²) in [6.07, 6.45) is 8.52. The van der Waals surface area contributed by atoms with Crippen LogP contribution < -0.4 is 4.43 Å². The maximum Gasteiger partial charge on any atom is 0.338 e.